The summed E-state index contributed by atoms with van der Waals surface area (Å²) in [6.45, 7) is 0.859. The van der Waals surface area contributed by atoms with Gasteiger partial charge in [0, 0.05) is 17.7 Å². The summed E-state index contributed by atoms with van der Waals surface area (Å²) in [5.41, 5.74) is 4.76. The molecule has 0 unspecified atom stereocenters. The number of nitrogens with one attached hydrogen (secondary N) is 1. The van der Waals surface area contributed by atoms with Crippen LogP contribution in [-0.2, 0) is 18.3 Å². The molecule has 0 atom stereocenters. The van der Waals surface area contributed by atoms with Crippen LogP contribution in [0, 0.1) is 11.3 Å². The quantitative estimate of drug-likeness (QED) is 0.929. The number of aryl methyl sites for hydroxylation is 2. The highest BCUT2D eigenvalue weighted by Gasteiger charge is 2.44. The second-order valence-corrected chi connectivity index (χ2v) is 6.81. The molecule has 23 heavy (non-hydrogen) atoms. The van der Waals surface area contributed by atoms with Crippen LogP contribution in [0.3, 0.4) is 0 Å². The van der Waals surface area contributed by atoms with E-state index in [4.69, 9.17) is 4.98 Å². The lowest BCUT2D eigenvalue weighted by Gasteiger charge is -2.20. The van der Waals surface area contributed by atoms with Crippen molar-refractivity contribution >= 4 is 5.82 Å². The molecule has 1 heterocycles. The minimum absolute atomic E-state index is 0.228. The molecule has 116 valence electrons. The lowest BCUT2D eigenvalue weighted by molar-refractivity contribution is 0.666. The molecule has 3 heteroatoms. The molecule has 0 bridgehead atoms. The molecular formula is C20H21N3. The van der Waals surface area contributed by atoms with Crippen molar-refractivity contribution < 1.29 is 0 Å². The third-order valence-corrected chi connectivity index (χ3v) is 5.26. The molecule has 1 fully saturated rings. The Bertz CT molecular complexity index is 754. The van der Waals surface area contributed by atoms with Crippen molar-refractivity contribution in [1.82, 2.24) is 4.98 Å². The van der Waals surface area contributed by atoms with Gasteiger partial charge in [0.05, 0.1) is 5.56 Å². The van der Waals surface area contributed by atoms with E-state index in [1.54, 1.807) is 0 Å². The SMILES string of the molecule is N#Cc1cc2c(nc1NCC1(c3ccccc3)CC1)CCCC2. The third kappa shape index (κ3) is 2.70. The number of anilines is 1. The van der Waals surface area contributed by atoms with E-state index in [2.05, 4.69) is 41.7 Å². The second kappa shape index (κ2) is 5.70. The second-order valence-electron chi connectivity index (χ2n) is 6.81. The summed E-state index contributed by atoms with van der Waals surface area (Å²) in [6, 6.07) is 15.1. The highest BCUT2D eigenvalue weighted by atomic mass is 15.0. The Labute approximate surface area is 137 Å². The fourth-order valence-corrected chi connectivity index (χ4v) is 3.62. The normalized spacial score (nSPS) is 17.9. The van der Waals surface area contributed by atoms with Crippen molar-refractivity contribution in [2.45, 2.75) is 43.9 Å². The van der Waals surface area contributed by atoms with Crippen LogP contribution in [0.1, 0.15) is 48.1 Å². The van der Waals surface area contributed by atoms with Gasteiger partial charge in [-0.15, -0.1) is 0 Å². The zero-order valence-electron chi connectivity index (χ0n) is 13.3. The molecule has 0 aliphatic heterocycles. The van der Waals surface area contributed by atoms with Gasteiger partial charge in [0.2, 0.25) is 0 Å². The van der Waals surface area contributed by atoms with E-state index in [0.717, 1.165) is 25.2 Å². The Morgan fingerprint density at radius 3 is 2.65 bits per heavy atom. The number of nitriles is 1. The summed E-state index contributed by atoms with van der Waals surface area (Å²) in [7, 11) is 0. The molecule has 0 amide bonds. The molecule has 1 saturated carbocycles. The van der Waals surface area contributed by atoms with Gasteiger partial charge in [0.25, 0.3) is 0 Å². The first-order valence-corrected chi connectivity index (χ1v) is 8.53. The number of rotatable bonds is 4. The minimum atomic E-state index is 0.228. The molecule has 2 aromatic rings. The van der Waals surface area contributed by atoms with Crippen LogP contribution in [0.15, 0.2) is 36.4 Å². The molecule has 0 saturated heterocycles. The van der Waals surface area contributed by atoms with Crippen molar-refractivity contribution in [3.63, 3.8) is 0 Å². The van der Waals surface area contributed by atoms with Crippen molar-refractivity contribution in [3.8, 4) is 6.07 Å². The fourth-order valence-electron chi connectivity index (χ4n) is 3.62. The Balaban J connectivity index is 1.56. The maximum Gasteiger partial charge on any atom is 0.144 e. The van der Waals surface area contributed by atoms with Gasteiger partial charge in [-0.05, 0) is 55.7 Å². The standard InChI is InChI=1S/C20H21N3/c21-13-16-12-15-6-4-5-9-18(15)23-19(16)22-14-20(10-11-20)17-7-2-1-3-8-17/h1-3,7-8,12H,4-6,9-11,14H2,(H,22,23). The lowest BCUT2D eigenvalue weighted by Crippen LogP contribution is -2.21. The first-order chi connectivity index (χ1) is 11.3. The topological polar surface area (TPSA) is 48.7 Å². The Morgan fingerprint density at radius 2 is 1.91 bits per heavy atom. The zero-order valence-corrected chi connectivity index (χ0v) is 13.3. The molecule has 3 nitrogen and oxygen atoms in total. The first-order valence-electron chi connectivity index (χ1n) is 8.53. The van der Waals surface area contributed by atoms with Crippen molar-refractivity contribution in [3.05, 3.63) is 58.8 Å². The van der Waals surface area contributed by atoms with Crippen LogP contribution in [0.5, 0.6) is 0 Å². The van der Waals surface area contributed by atoms with Gasteiger partial charge in [0.1, 0.15) is 11.9 Å². The number of aromatic nitrogens is 1. The summed E-state index contributed by atoms with van der Waals surface area (Å²) < 4.78 is 0. The van der Waals surface area contributed by atoms with Crippen LogP contribution in [0.2, 0.25) is 0 Å². The number of fused-ring (bicyclic) bond motifs is 1. The van der Waals surface area contributed by atoms with Gasteiger partial charge in [0.15, 0.2) is 0 Å². The predicted molar refractivity (Wildman–Crippen MR) is 91.4 cm³/mol. The fraction of sp³-hybridized carbons (Fsp3) is 0.400. The largest absolute Gasteiger partial charge is 0.368 e. The highest BCUT2D eigenvalue weighted by molar-refractivity contribution is 5.55. The van der Waals surface area contributed by atoms with E-state index in [1.165, 1.54) is 42.5 Å². The van der Waals surface area contributed by atoms with Crippen molar-refractivity contribution in [1.29, 1.82) is 5.26 Å². The molecule has 0 spiro atoms. The summed E-state index contributed by atoms with van der Waals surface area (Å²) >= 11 is 0. The van der Waals surface area contributed by atoms with Crippen LogP contribution >= 0.6 is 0 Å². The average Bonchev–Trinajstić information content (AvgIpc) is 3.41. The maximum atomic E-state index is 9.45. The van der Waals surface area contributed by atoms with E-state index < -0.39 is 0 Å². The molecule has 1 N–H and O–H groups in total. The summed E-state index contributed by atoms with van der Waals surface area (Å²) in [5.74, 6) is 0.773. The molecule has 0 radical (unpaired) electrons. The Morgan fingerprint density at radius 1 is 1.13 bits per heavy atom. The summed E-state index contributed by atoms with van der Waals surface area (Å²) in [6.07, 6.45) is 6.93. The highest BCUT2D eigenvalue weighted by Crippen LogP contribution is 2.48. The van der Waals surface area contributed by atoms with E-state index in [9.17, 15) is 5.26 Å². The zero-order chi connectivity index (χ0) is 15.7. The minimum Gasteiger partial charge on any atom is -0.368 e. The number of hydrogen-bond acceptors (Lipinski definition) is 3. The van der Waals surface area contributed by atoms with E-state index >= 15 is 0 Å². The van der Waals surface area contributed by atoms with E-state index in [1.807, 2.05) is 6.07 Å². The van der Waals surface area contributed by atoms with Crippen LogP contribution in [0.25, 0.3) is 0 Å². The van der Waals surface area contributed by atoms with Gasteiger partial charge < -0.3 is 5.32 Å². The first kappa shape index (κ1) is 14.3. The van der Waals surface area contributed by atoms with Crippen molar-refractivity contribution in [2.24, 2.45) is 0 Å². The molecule has 2 aliphatic carbocycles. The molecule has 4 rings (SSSR count). The molecular weight excluding hydrogens is 282 g/mol. The molecule has 1 aromatic carbocycles. The number of hydrogen-bond donors (Lipinski definition) is 1. The van der Waals surface area contributed by atoms with Gasteiger partial charge in [-0.1, -0.05) is 30.3 Å². The van der Waals surface area contributed by atoms with Crippen molar-refractivity contribution in [2.75, 3.05) is 11.9 Å². The van der Waals surface area contributed by atoms with Gasteiger partial charge in [-0.25, -0.2) is 4.98 Å². The van der Waals surface area contributed by atoms with Crippen LogP contribution in [0.4, 0.5) is 5.82 Å². The molecule has 2 aliphatic rings. The maximum absolute atomic E-state index is 9.45. The lowest BCUT2D eigenvalue weighted by atomic mass is 9.94. The number of pyridine rings is 1. The van der Waals surface area contributed by atoms with E-state index in [0.29, 0.717) is 5.56 Å². The Kier molecular flexibility index (Phi) is 3.53. The van der Waals surface area contributed by atoms with Gasteiger partial charge >= 0.3 is 0 Å². The predicted octanol–water partition coefficient (Wildman–Crippen LogP) is 3.98. The van der Waals surface area contributed by atoms with Gasteiger partial charge in [-0.2, -0.15) is 5.26 Å². The van der Waals surface area contributed by atoms with E-state index in [-0.39, 0.29) is 5.41 Å². The average molecular weight is 303 g/mol. The van der Waals surface area contributed by atoms with Crippen LogP contribution < -0.4 is 5.32 Å². The Hall–Kier alpha value is -2.34. The third-order valence-electron chi connectivity index (χ3n) is 5.26. The number of benzene rings is 1. The summed E-state index contributed by atoms with van der Waals surface area (Å²) in [4.78, 5) is 4.77. The molecule has 1 aromatic heterocycles. The smallest absolute Gasteiger partial charge is 0.144 e. The summed E-state index contributed by atoms with van der Waals surface area (Å²) in [5, 5.41) is 12.9. The van der Waals surface area contributed by atoms with Crippen LogP contribution in [-0.4, -0.2) is 11.5 Å². The number of nitrogens with zero attached hydrogens (tertiary/aromatic N) is 2. The van der Waals surface area contributed by atoms with Gasteiger partial charge in [-0.3, -0.25) is 0 Å². The monoisotopic (exact) mass is 303 g/mol.